The van der Waals surface area contributed by atoms with Gasteiger partial charge in [-0.1, -0.05) is 18.9 Å². The average Bonchev–Trinajstić information content (AvgIpc) is 2.48. The summed E-state index contributed by atoms with van der Waals surface area (Å²) in [5.41, 5.74) is 2.58. The number of hydrogen-bond acceptors (Lipinski definition) is 4. The minimum absolute atomic E-state index is 0. The normalized spacial score (nSPS) is 22.4. The first-order valence-electron chi connectivity index (χ1n) is 7.49. The molecule has 0 spiro atoms. The summed E-state index contributed by atoms with van der Waals surface area (Å²) < 4.78 is 1.61. The zero-order valence-electron chi connectivity index (χ0n) is 12.5. The largest absolute Gasteiger partial charge is 0.391 e. The fourth-order valence-electron chi connectivity index (χ4n) is 3.28. The van der Waals surface area contributed by atoms with E-state index in [9.17, 15) is 9.90 Å². The lowest BCUT2D eigenvalue weighted by molar-refractivity contribution is 0.0735. The molecule has 21 heavy (non-hydrogen) atoms. The van der Waals surface area contributed by atoms with Crippen molar-refractivity contribution in [3.8, 4) is 0 Å². The smallest absolute Gasteiger partial charge is 0.261 e. The summed E-state index contributed by atoms with van der Waals surface area (Å²) in [6, 6.07) is 3.60. The molecule has 0 saturated heterocycles. The van der Waals surface area contributed by atoms with E-state index in [2.05, 4.69) is 10.3 Å². The molecule has 1 aromatic carbocycles. The van der Waals surface area contributed by atoms with E-state index in [0.717, 1.165) is 36.9 Å². The van der Waals surface area contributed by atoms with Crippen molar-refractivity contribution in [2.24, 2.45) is 0 Å². The molecule has 3 rings (SSSR count). The monoisotopic (exact) mass is 289 g/mol. The molecule has 1 fully saturated rings. The summed E-state index contributed by atoms with van der Waals surface area (Å²) in [7, 11) is 1.83. The molecular formula is C16H23N3O2. The van der Waals surface area contributed by atoms with Gasteiger partial charge in [0.2, 0.25) is 0 Å². The number of nitrogens with one attached hydrogen (secondary N) is 1. The third-order valence-electron chi connectivity index (χ3n) is 4.46. The Hall–Kier alpha value is -1.88. The Labute approximate surface area is 125 Å². The van der Waals surface area contributed by atoms with Gasteiger partial charge in [-0.3, -0.25) is 9.36 Å². The van der Waals surface area contributed by atoms with Crippen molar-refractivity contribution in [3.63, 3.8) is 0 Å². The molecule has 1 aromatic heterocycles. The first-order chi connectivity index (χ1) is 10.1. The van der Waals surface area contributed by atoms with Crippen LogP contribution in [0, 0.1) is 6.92 Å². The van der Waals surface area contributed by atoms with Crippen molar-refractivity contribution in [3.05, 3.63) is 34.4 Å². The van der Waals surface area contributed by atoms with E-state index in [0.29, 0.717) is 10.9 Å². The van der Waals surface area contributed by atoms with E-state index in [1.807, 2.05) is 26.1 Å². The number of nitrogens with zero attached hydrogens (tertiary/aromatic N) is 2. The predicted molar refractivity (Wildman–Crippen MR) is 85.9 cm³/mol. The molecule has 2 atom stereocenters. The molecule has 0 radical (unpaired) electrons. The Balaban J connectivity index is 0.00000176. The number of fused-ring (bicyclic) bond motifs is 1. The Kier molecular flexibility index (Phi) is 3.68. The molecule has 0 bridgehead atoms. The van der Waals surface area contributed by atoms with Crippen molar-refractivity contribution in [2.75, 3.05) is 12.4 Å². The van der Waals surface area contributed by atoms with Crippen LogP contribution in [0.2, 0.25) is 0 Å². The van der Waals surface area contributed by atoms with Gasteiger partial charge in [0.25, 0.3) is 5.56 Å². The zero-order valence-corrected chi connectivity index (χ0v) is 12.5. The molecule has 0 unspecified atom stereocenters. The third-order valence-corrected chi connectivity index (χ3v) is 4.46. The molecule has 1 heterocycles. The van der Waals surface area contributed by atoms with Gasteiger partial charge in [0.05, 0.1) is 29.5 Å². The first-order valence-corrected chi connectivity index (χ1v) is 7.49. The van der Waals surface area contributed by atoms with Crippen molar-refractivity contribution < 1.29 is 6.53 Å². The standard InChI is InChI=1S/C16H21N3O2.H2/c1-10-7-8-11-15(14(10)17-2)18-9-19(16(11)21)12-5-3-4-6-13(12)20;/h7-9,12-13,17,20H,3-6H2,1-2H3;1H/t12-,13-;/m0./s1. The van der Waals surface area contributed by atoms with Gasteiger partial charge in [0, 0.05) is 8.47 Å². The molecule has 5 heteroatoms. The molecule has 2 N–H and O–H groups in total. The van der Waals surface area contributed by atoms with Gasteiger partial charge < -0.3 is 10.4 Å². The van der Waals surface area contributed by atoms with Crippen LogP contribution in [0.5, 0.6) is 0 Å². The van der Waals surface area contributed by atoms with Gasteiger partial charge >= 0.3 is 0 Å². The Bertz CT molecular complexity index is 729. The van der Waals surface area contributed by atoms with Crippen LogP contribution < -0.4 is 10.9 Å². The fourth-order valence-corrected chi connectivity index (χ4v) is 3.28. The molecule has 0 aliphatic heterocycles. The van der Waals surface area contributed by atoms with Gasteiger partial charge in [0.15, 0.2) is 0 Å². The SMILES string of the molecule is CNc1c(C)ccc2c(=O)n([C@H]3CCCC[C@@H]3O)cnc12.[HH]. The second kappa shape index (κ2) is 5.48. The maximum Gasteiger partial charge on any atom is 0.261 e. The van der Waals surface area contributed by atoms with Crippen LogP contribution in [-0.4, -0.2) is 27.8 Å². The maximum atomic E-state index is 12.7. The highest BCUT2D eigenvalue weighted by Gasteiger charge is 2.26. The van der Waals surface area contributed by atoms with Crippen molar-refractivity contribution in [1.29, 1.82) is 0 Å². The number of benzene rings is 1. The lowest BCUT2D eigenvalue weighted by Crippen LogP contribution is -2.34. The van der Waals surface area contributed by atoms with Crippen LogP contribution in [0.4, 0.5) is 5.69 Å². The number of hydrogen-bond donors (Lipinski definition) is 2. The summed E-state index contributed by atoms with van der Waals surface area (Å²) in [4.78, 5) is 17.2. The van der Waals surface area contributed by atoms with E-state index >= 15 is 0 Å². The predicted octanol–water partition coefficient (Wildman–Crippen LogP) is 2.47. The summed E-state index contributed by atoms with van der Waals surface area (Å²) in [5, 5.41) is 13.9. The Morgan fingerprint density at radius 1 is 1.38 bits per heavy atom. The van der Waals surface area contributed by atoms with E-state index in [1.54, 1.807) is 10.9 Å². The van der Waals surface area contributed by atoms with Gasteiger partial charge in [-0.25, -0.2) is 4.98 Å². The number of aromatic nitrogens is 2. The number of aliphatic hydroxyl groups is 1. The highest BCUT2D eigenvalue weighted by Crippen LogP contribution is 2.29. The molecule has 1 saturated carbocycles. The van der Waals surface area contributed by atoms with Crippen LogP contribution in [0.3, 0.4) is 0 Å². The third kappa shape index (κ3) is 2.31. The number of aliphatic hydroxyl groups excluding tert-OH is 1. The molecule has 1 aliphatic carbocycles. The fraction of sp³-hybridized carbons (Fsp3) is 0.500. The number of anilines is 1. The molecule has 1 aliphatic rings. The zero-order chi connectivity index (χ0) is 15.0. The van der Waals surface area contributed by atoms with Gasteiger partial charge in [-0.05, 0) is 31.4 Å². The molecule has 2 aromatic rings. The number of aryl methyl sites for hydroxylation is 1. The lowest BCUT2D eigenvalue weighted by Gasteiger charge is -2.29. The van der Waals surface area contributed by atoms with Gasteiger partial charge in [-0.2, -0.15) is 0 Å². The molecule has 0 amide bonds. The first kappa shape index (κ1) is 14.1. The van der Waals surface area contributed by atoms with E-state index < -0.39 is 6.10 Å². The van der Waals surface area contributed by atoms with Crippen molar-refractivity contribution >= 4 is 16.6 Å². The van der Waals surface area contributed by atoms with Crippen LogP contribution in [0.1, 0.15) is 38.7 Å². The van der Waals surface area contributed by atoms with Crippen LogP contribution in [0.15, 0.2) is 23.3 Å². The summed E-state index contributed by atoms with van der Waals surface area (Å²) >= 11 is 0. The van der Waals surface area contributed by atoms with E-state index in [-0.39, 0.29) is 13.0 Å². The van der Waals surface area contributed by atoms with E-state index in [4.69, 9.17) is 0 Å². The topological polar surface area (TPSA) is 67.2 Å². The summed E-state index contributed by atoms with van der Waals surface area (Å²) in [6.45, 7) is 1.99. The summed E-state index contributed by atoms with van der Waals surface area (Å²) in [5.74, 6) is 0. The van der Waals surface area contributed by atoms with E-state index in [1.165, 1.54) is 0 Å². The lowest BCUT2D eigenvalue weighted by atomic mass is 9.92. The highest BCUT2D eigenvalue weighted by atomic mass is 16.3. The molecular weight excluding hydrogens is 266 g/mol. The van der Waals surface area contributed by atoms with Crippen molar-refractivity contribution in [1.82, 2.24) is 9.55 Å². The maximum absolute atomic E-state index is 12.7. The highest BCUT2D eigenvalue weighted by molar-refractivity contribution is 5.91. The average molecular weight is 289 g/mol. The number of rotatable bonds is 2. The Morgan fingerprint density at radius 2 is 2.14 bits per heavy atom. The van der Waals surface area contributed by atoms with Crippen LogP contribution >= 0.6 is 0 Å². The van der Waals surface area contributed by atoms with Crippen molar-refractivity contribution in [2.45, 2.75) is 44.8 Å². The van der Waals surface area contributed by atoms with Crippen LogP contribution in [0.25, 0.3) is 10.9 Å². The minimum Gasteiger partial charge on any atom is -0.391 e. The molecule has 114 valence electrons. The second-order valence-electron chi connectivity index (χ2n) is 5.78. The molecule has 5 nitrogen and oxygen atoms in total. The minimum atomic E-state index is -0.454. The quantitative estimate of drug-likeness (QED) is 0.891. The Morgan fingerprint density at radius 3 is 2.86 bits per heavy atom. The summed E-state index contributed by atoms with van der Waals surface area (Å²) in [6.07, 6.45) is 4.79. The van der Waals surface area contributed by atoms with Gasteiger partial charge in [-0.15, -0.1) is 0 Å². The van der Waals surface area contributed by atoms with Crippen LogP contribution in [-0.2, 0) is 0 Å². The second-order valence-corrected chi connectivity index (χ2v) is 5.78. The van der Waals surface area contributed by atoms with Gasteiger partial charge in [0.1, 0.15) is 5.52 Å².